The van der Waals surface area contributed by atoms with Gasteiger partial charge in [-0.25, -0.2) is 4.39 Å². The normalized spacial score (nSPS) is 12.8. The molecule has 0 spiro atoms. The van der Waals surface area contributed by atoms with E-state index < -0.39 is 0 Å². The lowest BCUT2D eigenvalue weighted by Crippen LogP contribution is -2.29. The van der Waals surface area contributed by atoms with Crippen molar-refractivity contribution in [1.29, 1.82) is 0 Å². The Kier molecular flexibility index (Phi) is 4.90. The Labute approximate surface area is 119 Å². The van der Waals surface area contributed by atoms with Gasteiger partial charge < -0.3 is 5.32 Å². The smallest absolute Gasteiger partial charge is 0.126 e. The average molecular weight is 275 g/mol. The maximum absolute atomic E-state index is 14.0. The Morgan fingerprint density at radius 2 is 2.00 bits per heavy atom. The van der Waals surface area contributed by atoms with Crippen LogP contribution in [0.2, 0.25) is 0 Å². The van der Waals surface area contributed by atoms with E-state index >= 15 is 0 Å². The number of hydrogen-bond acceptors (Lipinski definition) is 2. The topological polar surface area (TPSA) is 29.9 Å². The first-order chi connectivity index (χ1) is 9.56. The summed E-state index contributed by atoms with van der Waals surface area (Å²) in [6, 6.07) is 9.38. The van der Waals surface area contributed by atoms with Gasteiger partial charge in [-0.2, -0.15) is 5.10 Å². The van der Waals surface area contributed by atoms with Crippen LogP contribution in [0.25, 0.3) is 0 Å². The van der Waals surface area contributed by atoms with Crippen molar-refractivity contribution in [1.82, 2.24) is 15.1 Å². The fourth-order valence-electron chi connectivity index (χ4n) is 2.30. The maximum Gasteiger partial charge on any atom is 0.126 e. The molecule has 0 saturated heterocycles. The first kappa shape index (κ1) is 14.7. The van der Waals surface area contributed by atoms with Crippen molar-refractivity contribution in [3.8, 4) is 0 Å². The van der Waals surface area contributed by atoms with Crippen LogP contribution in [-0.4, -0.2) is 22.4 Å². The third-order valence-corrected chi connectivity index (χ3v) is 3.34. The van der Waals surface area contributed by atoms with Gasteiger partial charge in [0, 0.05) is 31.7 Å². The summed E-state index contributed by atoms with van der Waals surface area (Å²) in [7, 11) is 1.90. The highest BCUT2D eigenvalue weighted by atomic mass is 19.1. The fraction of sp³-hybridized carbons (Fsp3) is 0.438. The molecule has 0 aliphatic carbocycles. The molecule has 1 atom stereocenters. The summed E-state index contributed by atoms with van der Waals surface area (Å²) in [5.74, 6) is -0.0486. The lowest BCUT2D eigenvalue weighted by Gasteiger charge is -2.19. The largest absolute Gasteiger partial charge is 0.314 e. The van der Waals surface area contributed by atoms with Gasteiger partial charge in [0.25, 0.3) is 0 Å². The molecule has 0 aliphatic rings. The first-order valence-corrected chi connectivity index (χ1v) is 7.02. The molecule has 0 amide bonds. The zero-order chi connectivity index (χ0) is 14.5. The van der Waals surface area contributed by atoms with Gasteiger partial charge in [0.1, 0.15) is 5.82 Å². The predicted molar refractivity (Wildman–Crippen MR) is 79.2 cm³/mol. The van der Waals surface area contributed by atoms with E-state index in [9.17, 15) is 4.39 Å². The van der Waals surface area contributed by atoms with E-state index in [1.165, 1.54) is 6.07 Å². The highest BCUT2D eigenvalue weighted by molar-refractivity contribution is 5.24. The molecule has 20 heavy (non-hydrogen) atoms. The molecule has 1 aromatic carbocycles. The lowest BCUT2D eigenvalue weighted by molar-refractivity contribution is 0.501. The lowest BCUT2D eigenvalue weighted by atomic mass is 9.93. The first-order valence-electron chi connectivity index (χ1n) is 7.02. The number of nitrogens with zero attached hydrogens (tertiary/aromatic N) is 2. The molecular formula is C16H22FN3. The Hall–Kier alpha value is -1.68. The standard InChI is InChI=1S/C16H22FN3/c1-12(2)18-11-13(10-14-8-9-20(3)19-14)15-6-4-5-7-16(15)17/h4-9,12-13,18H,10-11H2,1-3H3. The molecule has 0 aliphatic heterocycles. The van der Waals surface area contributed by atoms with E-state index in [1.807, 2.05) is 31.4 Å². The zero-order valence-electron chi connectivity index (χ0n) is 12.3. The Balaban J connectivity index is 2.18. The number of hydrogen-bond donors (Lipinski definition) is 1. The fourth-order valence-corrected chi connectivity index (χ4v) is 2.30. The van der Waals surface area contributed by atoms with Gasteiger partial charge >= 0.3 is 0 Å². The number of benzene rings is 1. The summed E-state index contributed by atoms with van der Waals surface area (Å²) >= 11 is 0. The number of halogens is 1. The van der Waals surface area contributed by atoms with E-state index in [0.717, 1.165) is 24.2 Å². The highest BCUT2D eigenvalue weighted by Gasteiger charge is 2.17. The summed E-state index contributed by atoms with van der Waals surface area (Å²) < 4.78 is 15.8. The predicted octanol–water partition coefficient (Wildman–Crippen LogP) is 2.88. The molecule has 2 rings (SSSR count). The molecule has 0 radical (unpaired) electrons. The minimum atomic E-state index is -0.140. The Morgan fingerprint density at radius 1 is 1.25 bits per heavy atom. The van der Waals surface area contributed by atoms with Gasteiger partial charge in [-0.05, 0) is 24.1 Å². The highest BCUT2D eigenvalue weighted by Crippen LogP contribution is 2.22. The van der Waals surface area contributed by atoms with Crippen LogP contribution in [0.4, 0.5) is 4.39 Å². The maximum atomic E-state index is 14.0. The van der Waals surface area contributed by atoms with Gasteiger partial charge in [0.05, 0.1) is 5.69 Å². The van der Waals surface area contributed by atoms with Crippen LogP contribution >= 0.6 is 0 Å². The van der Waals surface area contributed by atoms with Crippen molar-refractivity contribution >= 4 is 0 Å². The van der Waals surface area contributed by atoms with Crippen molar-refractivity contribution in [3.63, 3.8) is 0 Å². The molecule has 2 aromatic rings. The average Bonchev–Trinajstić information content (AvgIpc) is 2.81. The van der Waals surface area contributed by atoms with Gasteiger partial charge in [0.15, 0.2) is 0 Å². The van der Waals surface area contributed by atoms with E-state index in [4.69, 9.17) is 0 Å². The minimum Gasteiger partial charge on any atom is -0.314 e. The second-order valence-electron chi connectivity index (χ2n) is 5.47. The molecule has 1 heterocycles. The van der Waals surface area contributed by atoms with E-state index in [-0.39, 0.29) is 11.7 Å². The summed E-state index contributed by atoms with van der Waals surface area (Å²) in [6.45, 7) is 4.94. The monoisotopic (exact) mass is 275 g/mol. The number of nitrogens with one attached hydrogen (secondary N) is 1. The summed E-state index contributed by atoms with van der Waals surface area (Å²) in [5, 5.41) is 7.80. The quantitative estimate of drug-likeness (QED) is 0.878. The second kappa shape index (κ2) is 6.66. The minimum absolute atomic E-state index is 0.0912. The van der Waals surface area contributed by atoms with Gasteiger partial charge in [-0.15, -0.1) is 0 Å². The van der Waals surface area contributed by atoms with Crippen LogP contribution in [-0.2, 0) is 13.5 Å². The molecule has 4 heteroatoms. The zero-order valence-corrected chi connectivity index (χ0v) is 12.3. The third-order valence-electron chi connectivity index (χ3n) is 3.34. The van der Waals surface area contributed by atoms with E-state index in [0.29, 0.717) is 6.04 Å². The summed E-state index contributed by atoms with van der Waals surface area (Å²) in [4.78, 5) is 0. The van der Waals surface area contributed by atoms with Gasteiger partial charge in [-0.3, -0.25) is 4.68 Å². The van der Waals surface area contributed by atoms with Crippen molar-refractivity contribution in [2.45, 2.75) is 32.2 Å². The number of aromatic nitrogens is 2. The molecular weight excluding hydrogens is 253 g/mol. The van der Waals surface area contributed by atoms with Crippen molar-refractivity contribution in [2.75, 3.05) is 6.54 Å². The van der Waals surface area contributed by atoms with Gasteiger partial charge in [-0.1, -0.05) is 32.0 Å². The van der Waals surface area contributed by atoms with Crippen LogP contribution in [0, 0.1) is 5.82 Å². The Morgan fingerprint density at radius 3 is 2.60 bits per heavy atom. The van der Waals surface area contributed by atoms with Crippen LogP contribution in [0.15, 0.2) is 36.5 Å². The van der Waals surface area contributed by atoms with Crippen LogP contribution < -0.4 is 5.32 Å². The van der Waals surface area contributed by atoms with Crippen LogP contribution in [0.5, 0.6) is 0 Å². The third kappa shape index (κ3) is 3.90. The molecule has 3 nitrogen and oxygen atoms in total. The summed E-state index contributed by atoms with van der Waals surface area (Å²) in [6.07, 6.45) is 2.66. The van der Waals surface area contributed by atoms with Crippen LogP contribution in [0.1, 0.15) is 31.0 Å². The van der Waals surface area contributed by atoms with Crippen molar-refractivity contribution in [3.05, 3.63) is 53.6 Å². The van der Waals surface area contributed by atoms with Crippen LogP contribution in [0.3, 0.4) is 0 Å². The second-order valence-corrected chi connectivity index (χ2v) is 5.47. The molecule has 1 unspecified atom stereocenters. The molecule has 0 bridgehead atoms. The van der Waals surface area contributed by atoms with E-state index in [2.05, 4.69) is 24.3 Å². The number of aryl methyl sites for hydroxylation is 1. The molecule has 0 fully saturated rings. The Bertz CT molecular complexity index is 548. The van der Waals surface area contributed by atoms with E-state index in [1.54, 1.807) is 10.7 Å². The molecule has 0 saturated carbocycles. The van der Waals surface area contributed by atoms with Crippen molar-refractivity contribution < 1.29 is 4.39 Å². The molecule has 1 N–H and O–H groups in total. The van der Waals surface area contributed by atoms with Crippen molar-refractivity contribution in [2.24, 2.45) is 7.05 Å². The molecule has 1 aromatic heterocycles. The van der Waals surface area contributed by atoms with Gasteiger partial charge in [0.2, 0.25) is 0 Å². The number of rotatable bonds is 6. The SMILES string of the molecule is CC(C)NCC(Cc1ccn(C)n1)c1ccccc1F. The summed E-state index contributed by atoms with van der Waals surface area (Å²) in [5.41, 5.74) is 1.75. The molecule has 108 valence electrons.